The lowest BCUT2D eigenvalue weighted by Gasteiger charge is -2.42. The van der Waals surface area contributed by atoms with Crippen LogP contribution in [0.25, 0.3) is 0 Å². The molecular weight excluding hydrogens is 459 g/mol. The lowest BCUT2D eigenvalue weighted by molar-refractivity contribution is -0.137. The van der Waals surface area contributed by atoms with Gasteiger partial charge in [0.15, 0.2) is 6.35 Å². The second-order valence-electron chi connectivity index (χ2n) is 9.59. The lowest BCUT2D eigenvalue weighted by Crippen LogP contribution is -2.58. The van der Waals surface area contributed by atoms with Gasteiger partial charge in [-0.1, -0.05) is 30.3 Å². The molecule has 2 fully saturated rings. The zero-order valence-corrected chi connectivity index (χ0v) is 19.4. The van der Waals surface area contributed by atoms with Gasteiger partial charge in [-0.25, -0.2) is 0 Å². The van der Waals surface area contributed by atoms with E-state index in [4.69, 9.17) is 0 Å². The van der Waals surface area contributed by atoms with Crippen molar-refractivity contribution in [3.8, 4) is 0 Å². The highest BCUT2D eigenvalue weighted by atomic mass is 19.4. The van der Waals surface area contributed by atoms with Crippen molar-refractivity contribution in [3.63, 3.8) is 0 Å². The number of aliphatic hydroxyl groups is 2. The number of benzene rings is 2. The summed E-state index contributed by atoms with van der Waals surface area (Å²) in [4.78, 5) is 14.6. The molecule has 2 aliphatic rings. The van der Waals surface area contributed by atoms with E-state index < -0.39 is 18.1 Å². The Labute approximate surface area is 203 Å². The Morgan fingerprint density at radius 3 is 2.23 bits per heavy atom. The Morgan fingerprint density at radius 2 is 1.60 bits per heavy atom. The molecule has 4 rings (SSSR count). The van der Waals surface area contributed by atoms with E-state index in [-0.39, 0.29) is 30.0 Å². The van der Waals surface area contributed by atoms with Gasteiger partial charge in [0.1, 0.15) is 0 Å². The Bertz CT molecular complexity index is 963. The second-order valence-corrected chi connectivity index (χ2v) is 9.59. The minimum absolute atomic E-state index is 0.0669. The summed E-state index contributed by atoms with van der Waals surface area (Å²) < 4.78 is 39.1. The molecule has 0 aromatic heterocycles. The van der Waals surface area contributed by atoms with E-state index in [0.29, 0.717) is 37.9 Å². The molecule has 190 valence electrons. The summed E-state index contributed by atoms with van der Waals surface area (Å²) in [6, 6.07) is 13.7. The van der Waals surface area contributed by atoms with E-state index in [2.05, 4.69) is 10.6 Å². The number of hydrogen-bond acceptors (Lipinski definition) is 5. The van der Waals surface area contributed by atoms with Crippen molar-refractivity contribution in [1.29, 1.82) is 0 Å². The predicted molar refractivity (Wildman–Crippen MR) is 125 cm³/mol. The van der Waals surface area contributed by atoms with Crippen molar-refractivity contribution >= 4 is 5.91 Å². The Hall–Kier alpha value is -2.46. The predicted octanol–water partition coefficient (Wildman–Crippen LogP) is 3.46. The quantitative estimate of drug-likeness (QED) is 0.465. The molecule has 0 bridgehead atoms. The number of alkyl halides is 3. The molecule has 9 heteroatoms. The summed E-state index contributed by atoms with van der Waals surface area (Å²) in [5.74, 6) is -0.399. The van der Waals surface area contributed by atoms with Gasteiger partial charge < -0.3 is 15.5 Å². The van der Waals surface area contributed by atoms with Crippen molar-refractivity contribution in [3.05, 3.63) is 71.3 Å². The smallest absolute Gasteiger partial charge is 0.393 e. The SMILES string of the molecule is O=C(NC1CC(c2ccc(C(F)(F)F)cc2)CN(C(O)NC2CCC(O)CC2)C1)c1ccccc1. The molecule has 3 atom stereocenters. The average Bonchev–Trinajstić information content (AvgIpc) is 2.85. The number of aliphatic hydroxyl groups excluding tert-OH is 2. The molecule has 2 aromatic rings. The summed E-state index contributed by atoms with van der Waals surface area (Å²) in [5.41, 5.74) is 0.550. The molecule has 3 unspecified atom stereocenters. The summed E-state index contributed by atoms with van der Waals surface area (Å²) in [7, 11) is 0. The highest BCUT2D eigenvalue weighted by Gasteiger charge is 2.35. The lowest BCUT2D eigenvalue weighted by atomic mass is 9.87. The Morgan fingerprint density at radius 1 is 0.943 bits per heavy atom. The number of amides is 1. The first-order valence-electron chi connectivity index (χ1n) is 12.1. The van der Waals surface area contributed by atoms with Crippen LogP contribution >= 0.6 is 0 Å². The van der Waals surface area contributed by atoms with Crippen LogP contribution in [0.1, 0.15) is 59.5 Å². The van der Waals surface area contributed by atoms with Crippen molar-refractivity contribution in [2.75, 3.05) is 13.1 Å². The third-order valence-electron chi connectivity index (χ3n) is 6.99. The van der Waals surface area contributed by atoms with Crippen LogP contribution in [0.5, 0.6) is 0 Å². The summed E-state index contributed by atoms with van der Waals surface area (Å²) >= 11 is 0. The molecule has 0 spiro atoms. The standard InChI is InChI=1S/C26H32F3N3O3/c27-26(28,29)20-8-6-17(7-9-20)19-14-22(30-24(34)18-4-2-1-3-5-18)16-32(15-19)25(35)31-21-10-12-23(33)13-11-21/h1-9,19,21-23,25,31,33,35H,10-16H2,(H,30,34). The molecule has 1 aliphatic heterocycles. The summed E-state index contributed by atoms with van der Waals surface area (Å²) in [5, 5.41) is 27.0. The first-order chi connectivity index (χ1) is 16.7. The molecule has 1 saturated carbocycles. The van der Waals surface area contributed by atoms with Gasteiger partial charge in [-0.05, 0) is 67.9 Å². The molecule has 1 aliphatic carbocycles. The van der Waals surface area contributed by atoms with Gasteiger partial charge in [-0.2, -0.15) is 13.2 Å². The maximum absolute atomic E-state index is 13.0. The fraction of sp³-hybridized carbons (Fsp3) is 0.500. The van der Waals surface area contributed by atoms with Gasteiger partial charge >= 0.3 is 6.18 Å². The van der Waals surface area contributed by atoms with Crippen LogP contribution in [0.15, 0.2) is 54.6 Å². The fourth-order valence-electron chi connectivity index (χ4n) is 5.04. The molecule has 1 saturated heterocycles. The van der Waals surface area contributed by atoms with E-state index in [0.717, 1.165) is 30.5 Å². The Balaban J connectivity index is 1.48. The Kier molecular flexibility index (Phi) is 8.11. The van der Waals surface area contributed by atoms with Crippen molar-refractivity contribution in [2.45, 2.75) is 68.7 Å². The number of halogens is 3. The van der Waals surface area contributed by atoms with Gasteiger partial charge in [0.25, 0.3) is 5.91 Å². The van der Waals surface area contributed by atoms with Gasteiger partial charge in [-0.15, -0.1) is 0 Å². The largest absolute Gasteiger partial charge is 0.416 e. The average molecular weight is 492 g/mol. The van der Waals surface area contributed by atoms with Crippen LogP contribution in [0.2, 0.25) is 0 Å². The molecule has 4 N–H and O–H groups in total. The number of carbonyl (C=O) groups excluding carboxylic acids is 1. The van der Waals surface area contributed by atoms with Crippen molar-refractivity contribution < 1.29 is 28.2 Å². The number of rotatable bonds is 6. The van der Waals surface area contributed by atoms with Gasteiger partial charge in [0.05, 0.1) is 11.7 Å². The summed E-state index contributed by atoms with van der Waals surface area (Å²) in [6.45, 7) is 0.839. The van der Waals surface area contributed by atoms with E-state index in [1.807, 2.05) is 11.0 Å². The number of likely N-dealkylation sites (tertiary alicyclic amines) is 1. The van der Waals surface area contributed by atoms with Crippen molar-refractivity contribution in [1.82, 2.24) is 15.5 Å². The van der Waals surface area contributed by atoms with Gasteiger partial charge in [0, 0.05) is 30.7 Å². The molecule has 2 aromatic carbocycles. The molecule has 6 nitrogen and oxygen atoms in total. The third-order valence-corrected chi connectivity index (χ3v) is 6.99. The zero-order chi connectivity index (χ0) is 25.0. The van der Waals surface area contributed by atoms with Crippen LogP contribution in [-0.4, -0.2) is 58.6 Å². The van der Waals surface area contributed by atoms with Crippen molar-refractivity contribution in [2.24, 2.45) is 0 Å². The van der Waals surface area contributed by atoms with Crippen LogP contribution in [0.3, 0.4) is 0 Å². The first kappa shape index (κ1) is 25.6. The molecule has 1 amide bonds. The van der Waals surface area contributed by atoms with E-state index in [1.165, 1.54) is 12.1 Å². The minimum Gasteiger partial charge on any atom is -0.393 e. The number of nitrogens with zero attached hydrogens (tertiary/aromatic N) is 1. The molecule has 1 heterocycles. The monoisotopic (exact) mass is 491 g/mol. The highest BCUT2D eigenvalue weighted by Crippen LogP contribution is 2.33. The third kappa shape index (κ3) is 6.82. The molecular formula is C26H32F3N3O3. The highest BCUT2D eigenvalue weighted by molar-refractivity contribution is 5.94. The normalized spacial score (nSPS) is 26.8. The maximum Gasteiger partial charge on any atom is 0.416 e. The van der Waals surface area contributed by atoms with Crippen LogP contribution in [0, 0.1) is 0 Å². The van der Waals surface area contributed by atoms with Crippen LogP contribution in [0.4, 0.5) is 13.2 Å². The number of carbonyl (C=O) groups is 1. The minimum atomic E-state index is -4.41. The van der Waals surface area contributed by atoms with Gasteiger partial charge in [-0.3, -0.25) is 15.0 Å². The van der Waals surface area contributed by atoms with E-state index in [1.54, 1.807) is 24.3 Å². The fourth-order valence-corrected chi connectivity index (χ4v) is 5.04. The second kappa shape index (κ2) is 11.1. The molecule has 0 radical (unpaired) electrons. The molecule has 35 heavy (non-hydrogen) atoms. The number of piperidine rings is 1. The maximum atomic E-state index is 13.0. The van der Waals surface area contributed by atoms with E-state index in [9.17, 15) is 28.2 Å². The van der Waals surface area contributed by atoms with Crippen LogP contribution in [-0.2, 0) is 6.18 Å². The summed E-state index contributed by atoms with van der Waals surface area (Å²) in [6.07, 6.45) is -2.28. The van der Waals surface area contributed by atoms with Crippen LogP contribution < -0.4 is 10.6 Å². The topological polar surface area (TPSA) is 84.8 Å². The number of hydrogen-bond donors (Lipinski definition) is 4. The zero-order valence-electron chi connectivity index (χ0n) is 19.4. The first-order valence-corrected chi connectivity index (χ1v) is 12.1. The van der Waals surface area contributed by atoms with E-state index >= 15 is 0 Å². The number of nitrogens with one attached hydrogen (secondary N) is 2. The van der Waals surface area contributed by atoms with Gasteiger partial charge in [0.2, 0.25) is 0 Å².